The molecular weight excluding hydrogens is 220 g/mol. The summed E-state index contributed by atoms with van der Waals surface area (Å²) < 4.78 is 2.04. The van der Waals surface area contributed by atoms with Gasteiger partial charge in [0.05, 0.1) is 0 Å². The normalized spacial score (nSPS) is 11.8. The van der Waals surface area contributed by atoms with Crippen LogP contribution >= 0.6 is 0 Å². The third-order valence-corrected chi connectivity index (χ3v) is 3.44. The lowest BCUT2D eigenvalue weighted by Gasteiger charge is -2.06. The summed E-state index contributed by atoms with van der Waals surface area (Å²) in [6.07, 6.45) is 5.06. The fourth-order valence-electron chi connectivity index (χ4n) is 1.88. The van der Waals surface area contributed by atoms with Gasteiger partial charge in [0.2, 0.25) is 5.69 Å². The summed E-state index contributed by atoms with van der Waals surface area (Å²) in [4.78, 5) is 3.64. The number of unbranched alkanes of at least 4 members (excludes halogenated alkanes) is 1. The first-order valence-electron chi connectivity index (χ1n) is 6.76. The molecule has 96 valence electrons. The Labute approximate surface area is 111 Å². The fraction of sp³-hybridized carbons (Fsp3) is 0.500. The SMILES string of the molecule is C#[N+]c1ccc([N+](=C)CCCCC(C)CC)cc1. The molecule has 0 saturated carbocycles. The average Bonchev–Trinajstić information content (AvgIpc) is 2.43. The zero-order valence-electron chi connectivity index (χ0n) is 11.6. The maximum Gasteiger partial charge on any atom is 0.340 e. The minimum Gasteiger partial charge on any atom is -0.205 e. The third kappa shape index (κ3) is 4.71. The Bertz CT molecular complexity index is 412. The van der Waals surface area contributed by atoms with Crippen LogP contribution in [0.4, 0.5) is 11.4 Å². The Balaban J connectivity index is 2.34. The van der Waals surface area contributed by atoms with E-state index >= 15 is 0 Å². The Kier molecular flexibility index (Phi) is 6.14. The molecule has 18 heavy (non-hydrogen) atoms. The molecule has 0 saturated heterocycles. The van der Waals surface area contributed by atoms with Gasteiger partial charge in [0, 0.05) is 30.7 Å². The summed E-state index contributed by atoms with van der Waals surface area (Å²) in [6.45, 7) is 14.8. The van der Waals surface area contributed by atoms with Crippen molar-refractivity contribution in [1.29, 1.82) is 0 Å². The first-order valence-corrected chi connectivity index (χ1v) is 6.76. The van der Waals surface area contributed by atoms with E-state index < -0.39 is 0 Å². The molecule has 1 aromatic carbocycles. The second kappa shape index (κ2) is 7.66. The second-order valence-electron chi connectivity index (χ2n) is 4.92. The van der Waals surface area contributed by atoms with Gasteiger partial charge in [-0.25, -0.2) is 4.58 Å². The van der Waals surface area contributed by atoms with Crippen LogP contribution in [0.2, 0.25) is 0 Å². The van der Waals surface area contributed by atoms with Gasteiger partial charge in [0.1, 0.15) is 13.3 Å². The van der Waals surface area contributed by atoms with Gasteiger partial charge in [-0.2, -0.15) is 0 Å². The lowest BCUT2D eigenvalue weighted by Crippen LogP contribution is -2.05. The van der Waals surface area contributed by atoms with Gasteiger partial charge in [0.25, 0.3) is 6.57 Å². The van der Waals surface area contributed by atoms with E-state index in [1.165, 1.54) is 25.7 Å². The highest BCUT2D eigenvalue weighted by molar-refractivity contribution is 5.50. The second-order valence-corrected chi connectivity index (χ2v) is 4.92. The largest absolute Gasteiger partial charge is 0.340 e. The molecule has 0 aromatic heterocycles. The van der Waals surface area contributed by atoms with Gasteiger partial charge in [0.15, 0.2) is 0 Å². The first-order chi connectivity index (χ1) is 8.67. The van der Waals surface area contributed by atoms with Crippen molar-refractivity contribution in [2.45, 2.75) is 39.5 Å². The van der Waals surface area contributed by atoms with Crippen molar-refractivity contribution < 1.29 is 4.58 Å². The Morgan fingerprint density at radius 2 is 1.94 bits per heavy atom. The predicted octanol–water partition coefficient (Wildman–Crippen LogP) is 4.84. The highest BCUT2D eigenvalue weighted by Gasteiger charge is 2.08. The highest BCUT2D eigenvalue weighted by atomic mass is 15.0. The molecule has 1 atom stereocenters. The standard InChI is InChI=1S/C16H24N2/c1-5-14(2)8-6-7-13-18(4)16-11-9-15(17-3)10-12-16/h3,9-12,14H,4-8,13H2,1-2H3/q+2. The van der Waals surface area contributed by atoms with Crippen LogP contribution in [0.3, 0.4) is 0 Å². The topological polar surface area (TPSA) is 7.37 Å². The van der Waals surface area contributed by atoms with Crippen LogP contribution in [-0.2, 0) is 0 Å². The lowest BCUT2D eigenvalue weighted by molar-refractivity contribution is -0.432. The monoisotopic (exact) mass is 244 g/mol. The molecule has 2 heteroatoms. The minimum absolute atomic E-state index is 0.795. The lowest BCUT2D eigenvalue weighted by atomic mass is 10.0. The van der Waals surface area contributed by atoms with Crippen molar-refractivity contribution in [1.82, 2.24) is 0 Å². The third-order valence-electron chi connectivity index (χ3n) is 3.44. The number of rotatable bonds is 7. The van der Waals surface area contributed by atoms with Crippen LogP contribution in [0.25, 0.3) is 4.85 Å². The smallest absolute Gasteiger partial charge is 0.205 e. The average molecular weight is 244 g/mol. The van der Waals surface area contributed by atoms with E-state index in [1.807, 2.05) is 28.8 Å². The molecule has 0 spiro atoms. The molecule has 2 nitrogen and oxygen atoms in total. The van der Waals surface area contributed by atoms with E-state index in [0.29, 0.717) is 0 Å². The van der Waals surface area contributed by atoms with Gasteiger partial charge in [-0.15, -0.1) is 0 Å². The molecule has 0 N–H and O–H groups in total. The fourth-order valence-corrected chi connectivity index (χ4v) is 1.88. The van der Waals surface area contributed by atoms with Crippen LogP contribution in [0.15, 0.2) is 24.3 Å². The molecule has 0 fully saturated rings. The van der Waals surface area contributed by atoms with E-state index in [9.17, 15) is 0 Å². The summed E-state index contributed by atoms with van der Waals surface area (Å²) in [5, 5.41) is 0. The van der Waals surface area contributed by atoms with Crippen molar-refractivity contribution in [2.75, 3.05) is 6.54 Å². The Morgan fingerprint density at radius 1 is 1.28 bits per heavy atom. The quantitative estimate of drug-likeness (QED) is 0.368. The van der Waals surface area contributed by atoms with Crippen molar-refractivity contribution >= 4 is 18.1 Å². The number of benzene rings is 1. The molecule has 0 aliphatic rings. The zero-order valence-corrected chi connectivity index (χ0v) is 11.6. The van der Waals surface area contributed by atoms with Crippen LogP contribution in [0.1, 0.15) is 39.5 Å². The van der Waals surface area contributed by atoms with Crippen LogP contribution < -0.4 is 0 Å². The van der Waals surface area contributed by atoms with E-state index in [1.54, 1.807) is 0 Å². The maximum atomic E-state index is 5.21. The molecule has 0 aliphatic carbocycles. The van der Waals surface area contributed by atoms with E-state index in [-0.39, 0.29) is 0 Å². The molecule has 0 aliphatic heterocycles. The minimum atomic E-state index is 0.795. The number of hydrogen-bond acceptors (Lipinski definition) is 0. The Hall–Kier alpha value is -1.62. The summed E-state index contributed by atoms with van der Waals surface area (Å²) in [7, 11) is 0. The first kappa shape index (κ1) is 14.4. The van der Waals surface area contributed by atoms with Crippen molar-refractivity contribution in [3.05, 3.63) is 29.1 Å². The maximum absolute atomic E-state index is 5.21. The summed E-state index contributed by atoms with van der Waals surface area (Å²) >= 11 is 0. The summed E-state index contributed by atoms with van der Waals surface area (Å²) in [5.41, 5.74) is 1.91. The predicted molar refractivity (Wildman–Crippen MR) is 79.6 cm³/mol. The van der Waals surface area contributed by atoms with Crippen molar-refractivity contribution in [3.8, 4) is 6.57 Å². The number of nitrogens with zero attached hydrogens (tertiary/aromatic N) is 2. The van der Waals surface area contributed by atoms with Crippen molar-refractivity contribution in [2.24, 2.45) is 5.92 Å². The molecule has 0 amide bonds. The Morgan fingerprint density at radius 3 is 2.50 bits per heavy atom. The molecule has 1 unspecified atom stereocenters. The molecule has 1 rings (SSSR count). The zero-order chi connectivity index (χ0) is 13.4. The number of hydrogen-bond donors (Lipinski definition) is 0. The van der Waals surface area contributed by atoms with E-state index in [0.717, 1.165) is 23.8 Å². The molecular formula is C16H24N2+2. The van der Waals surface area contributed by atoms with Gasteiger partial charge < -0.3 is 0 Å². The summed E-state index contributed by atoms with van der Waals surface area (Å²) in [5.74, 6) is 0.841. The van der Waals surface area contributed by atoms with Crippen LogP contribution in [0.5, 0.6) is 0 Å². The highest BCUT2D eigenvalue weighted by Crippen LogP contribution is 2.18. The van der Waals surface area contributed by atoms with E-state index in [2.05, 4.69) is 25.4 Å². The molecule has 0 radical (unpaired) electrons. The van der Waals surface area contributed by atoms with Gasteiger partial charge in [-0.1, -0.05) is 26.7 Å². The molecule has 1 aromatic rings. The van der Waals surface area contributed by atoms with Crippen LogP contribution in [0, 0.1) is 12.5 Å². The molecule has 0 bridgehead atoms. The van der Waals surface area contributed by atoms with Gasteiger partial charge in [-0.3, -0.25) is 0 Å². The molecule has 0 heterocycles. The van der Waals surface area contributed by atoms with Crippen molar-refractivity contribution in [3.63, 3.8) is 0 Å². The van der Waals surface area contributed by atoms with Gasteiger partial charge in [-0.05, 0) is 17.2 Å². The van der Waals surface area contributed by atoms with Gasteiger partial charge >= 0.3 is 5.69 Å². The van der Waals surface area contributed by atoms with Crippen LogP contribution in [-0.4, -0.2) is 17.8 Å². The summed E-state index contributed by atoms with van der Waals surface area (Å²) in [6, 6.07) is 7.83. The van der Waals surface area contributed by atoms with E-state index in [4.69, 9.17) is 6.57 Å².